The molecule has 0 aliphatic rings. The molecule has 0 rings (SSSR count). The van der Waals surface area contributed by atoms with E-state index in [1.165, 1.54) is 39.2 Å². The van der Waals surface area contributed by atoms with E-state index in [0.717, 1.165) is 31.0 Å². The van der Waals surface area contributed by atoms with Gasteiger partial charge >= 0.3 is 5.97 Å². The van der Waals surface area contributed by atoms with Crippen molar-refractivity contribution in [3.8, 4) is 0 Å². The zero-order valence-electron chi connectivity index (χ0n) is 16.0. The highest BCUT2D eigenvalue weighted by Gasteiger charge is 2.33. The summed E-state index contributed by atoms with van der Waals surface area (Å²) in [6.45, 7) is 8.66. The number of unbranched alkanes of at least 4 members (excludes halogenated alkanes) is 6. The topological polar surface area (TPSA) is 44.8 Å². The van der Waals surface area contributed by atoms with Gasteiger partial charge in [0.15, 0.2) is 6.10 Å². The predicted octanol–water partition coefficient (Wildman–Crippen LogP) is 5.62. The average molecular weight is 347 g/mol. The second-order valence-electron chi connectivity index (χ2n) is 6.35. The third-order valence-corrected chi connectivity index (χ3v) is 9.12. The number of rotatable bonds is 15. The molecule has 0 aromatic rings. The van der Waals surface area contributed by atoms with E-state index in [2.05, 4.69) is 27.7 Å². The SMILES string of the molecule is CCCCCCCCCC(OO[Si](CC)(CC)CC)C(=O)OC. The van der Waals surface area contributed by atoms with Gasteiger partial charge in [-0.1, -0.05) is 72.6 Å². The van der Waals surface area contributed by atoms with Crippen molar-refractivity contribution in [3.63, 3.8) is 0 Å². The highest BCUT2D eigenvalue weighted by Crippen LogP contribution is 2.23. The molecule has 0 aromatic heterocycles. The van der Waals surface area contributed by atoms with E-state index in [1.54, 1.807) is 0 Å². The Morgan fingerprint density at radius 1 is 0.870 bits per heavy atom. The maximum atomic E-state index is 11.9. The molecule has 0 saturated heterocycles. The molecular weight excluding hydrogens is 308 g/mol. The number of esters is 1. The lowest BCUT2D eigenvalue weighted by Crippen LogP contribution is -2.39. The maximum Gasteiger partial charge on any atom is 0.338 e. The van der Waals surface area contributed by atoms with Gasteiger partial charge in [0, 0.05) is 0 Å². The third-order valence-electron chi connectivity index (χ3n) is 4.81. The third kappa shape index (κ3) is 9.48. The first-order valence-electron chi connectivity index (χ1n) is 9.51. The fourth-order valence-corrected chi connectivity index (χ4v) is 4.88. The monoisotopic (exact) mass is 346 g/mol. The number of carbonyl (C=O) groups excluding carboxylic acids is 1. The Labute approximate surface area is 144 Å². The minimum absolute atomic E-state index is 0.317. The van der Waals surface area contributed by atoms with Gasteiger partial charge in [-0.25, -0.2) is 9.68 Å². The summed E-state index contributed by atoms with van der Waals surface area (Å²) in [5.41, 5.74) is 0. The first-order valence-corrected chi connectivity index (χ1v) is 12.0. The quantitative estimate of drug-likeness (QED) is 0.127. The molecule has 4 nitrogen and oxygen atoms in total. The summed E-state index contributed by atoms with van der Waals surface area (Å²) in [7, 11) is -0.428. The maximum absolute atomic E-state index is 11.9. The summed E-state index contributed by atoms with van der Waals surface area (Å²) in [6, 6.07) is 3.02. The predicted molar refractivity (Wildman–Crippen MR) is 97.8 cm³/mol. The van der Waals surface area contributed by atoms with Crippen LogP contribution in [0.4, 0.5) is 0 Å². The van der Waals surface area contributed by atoms with E-state index in [1.807, 2.05) is 0 Å². The Bertz CT molecular complexity index is 284. The Balaban J connectivity index is 4.19. The highest BCUT2D eigenvalue weighted by atomic mass is 28.4. The average Bonchev–Trinajstić information content (AvgIpc) is 2.59. The molecule has 0 fully saturated rings. The Hall–Kier alpha value is -0.393. The minimum Gasteiger partial charge on any atom is -0.467 e. The summed E-state index contributed by atoms with van der Waals surface area (Å²) < 4.78 is 10.7. The van der Waals surface area contributed by atoms with Crippen LogP contribution in [-0.2, 0) is 19.0 Å². The number of methoxy groups -OCH3 is 1. The number of carbonyl (C=O) groups is 1. The van der Waals surface area contributed by atoms with E-state index in [4.69, 9.17) is 14.2 Å². The zero-order chi connectivity index (χ0) is 17.6. The molecule has 1 atom stereocenters. The first-order chi connectivity index (χ1) is 11.1. The van der Waals surface area contributed by atoms with Crippen LogP contribution in [0, 0.1) is 0 Å². The van der Waals surface area contributed by atoms with Gasteiger partial charge in [-0.2, -0.15) is 0 Å². The molecule has 0 aliphatic heterocycles. The van der Waals surface area contributed by atoms with E-state index < -0.39 is 14.4 Å². The standard InChI is InChI=1S/C18H38O4Si/c1-6-10-11-12-13-14-15-16-17(18(19)20-5)21-22-23(7-2,8-3)9-4/h17H,6-16H2,1-5H3. The van der Waals surface area contributed by atoms with Gasteiger partial charge in [0.1, 0.15) is 0 Å². The van der Waals surface area contributed by atoms with Crippen LogP contribution in [0.5, 0.6) is 0 Å². The van der Waals surface area contributed by atoms with Crippen molar-refractivity contribution in [3.05, 3.63) is 0 Å². The number of hydrogen-bond acceptors (Lipinski definition) is 4. The van der Waals surface area contributed by atoms with Gasteiger partial charge in [0.05, 0.1) is 7.11 Å². The molecule has 23 heavy (non-hydrogen) atoms. The van der Waals surface area contributed by atoms with Crippen LogP contribution in [0.15, 0.2) is 0 Å². The molecule has 0 N–H and O–H groups in total. The summed E-state index contributed by atoms with van der Waals surface area (Å²) >= 11 is 0. The normalized spacial score (nSPS) is 13.1. The van der Waals surface area contributed by atoms with E-state index >= 15 is 0 Å². The molecule has 0 spiro atoms. The zero-order valence-corrected chi connectivity index (χ0v) is 17.0. The Kier molecular flexibility index (Phi) is 13.8. The van der Waals surface area contributed by atoms with Crippen LogP contribution in [0.2, 0.25) is 18.1 Å². The number of hydrogen-bond donors (Lipinski definition) is 0. The van der Waals surface area contributed by atoms with Crippen molar-refractivity contribution in [2.75, 3.05) is 7.11 Å². The molecule has 0 amide bonds. The lowest BCUT2D eigenvalue weighted by atomic mass is 10.1. The highest BCUT2D eigenvalue weighted by molar-refractivity contribution is 6.73. The van der Waals surface area contributed by atoms with Gasteiger partial charge in [0.2, 0.25) is 8.32 Å². The van der Waals surface area contributed by atoms with Crippen LogP contribution in [0.1, 0.15) is 79.1 Å². The van der Waals surface area contributed by atoms with Crippen LogP contribution in [0.25, 0.3) is 0 Å². The smallest absolute Gasteiger partial charge is 0.338 e. The van der Waals surface area contributed by atoms with Crippen molar-refractivity contribution >= 4 is 14.3 Å². The molecule has 0 bridgehead atoms. The number of ether oxygens (including phenoxy) is 1. The van der Waals surface area contributed by atoms with Crippen molar-refractivity contribution in [2.24, 2.45) is 0 Å². The lowest BCUT2D eigenvalue weighted by molar-refractivity contribution is -0.260. The van der Waals surface area contributed by atoms with Crippen LogP contribution in [0.3, 0.4) is 0 Å². The van der Waals surface area contributed by atoms with Crippen molar-refractivity contribution in [1.82, 2.24) is 0 Å². The Morgan fingerprint density at radius 3 is 1.87 bits per heavy atom. The lowest BCUT2D eigenvalue weighted by Gasteiger charge is -2.28. The fourth-order valence-electron chi connectivity index (χ4n) is 2.71. The molecule has 1 unspecified atom stereocenters. The van der Waals surface area contributed by atoms with Crippen molar-refractivity contribution < 1.29 is 19.0 Å². The van der Waals surface area contributed by atoms with E-state index in [-0.39, 0.29) is 5.97 Å². The first kappa shape index (κ1) is 22.6. The van der Waals surface area contributed by atoms with Gasteiger partial charge in [0.25, 0.3) is 0 Å². The van der Waals surface area contributed by atoms with E-state index in [0.29, 0.717) is 6.42 Å². The van der Waals surface area contributed by atoms with E-state index in [9.17, 15) is 4.79 Å². The van der Waals surface area contributed by atoms with Crippen LogP contribution >= 0.6 is 0 Å². The van der Waals surface area contributed by atoms with Gasteiger partial charge in [-0.3, -0.25) is 4.58 Å². The molecule has 0 aromatic carbocycles. The molecule has 5 heteroatoms. The van der Waals surface area contributed by atoms with Gasteiger partial charge in [-0.05, 0) is 24.6 Å². The van der Waals surface area contributed by atoms with Crippen molar-refractivity contribution in [1.29, 1.82) is 0 Å². The molecule has 138 valence electrons. The molecule has 0 saturated carbocycles. The summed E-state index contributed by atoms with van der Waals surface area (Å²) in [6.07, 6.45) is 8.64. The largest absolute Gasteiger partial charge is 0.467 e. The van der Waals surface area contributed by atoms with Crippen LogP contribution in [-0.4, -0.2) is 27.5 Å². The summed E-state index contributed by atoms with van der Waals surface area (Å²) in [4.78, 5) is 17.5. The molecular formula is C18H38O4Si. The minimum atomic E-state index is -1.84. The fraction of sp³-hybridized carbons (Fsp3) is 0.944. The molecule has 0 aliphatic carbocycles. The summed E-state index contributed by atoms with van der Waals surface area (Å²) in [5.74, 6) is -0.317. The van der Waals surface area contributed by atoms with Gasteiger partial charge in [-0.15, -0.1) is 0 Å². The molecule has 0 radical (unpaired) electrons. The second-order valence-corrected chi connectivity index (χ2v) is 11.0. The van der Waals surface area contributed by atoms with Crippen molar-refractivity contribution in [2.45, 2.75) is 103 Å². The Morgan fingerprint density at radius 2 is 1.39 bits per heavy atom. The van der Waals surface area contributed by atoms with Gasteiger partial charge < -0.3 is 4.74 Å². The molecule has 0 heterocycles. The second kappa shape index (κ2) is 14.0. The summed E-state index contributed by atoms with van der Waals surface area (Å²) in [5, 5.41) is 0. The van der Waals surface area contributed by atoms with Crippen LogP contribution < -0.4 is 0 Å².